The molecule has 1 saturated carbocycles. The van der Waals surface area contributed by atoms with Gasteiger partial charge in [-0.05, 0) is 49.6 Å². The number of hydrogen-bond acceptors (Lipinski definition) is 9. The lowest BCUT2D eigenvalue weighted by Crippen LogP contribution is -2.37. The first kappa shape index (κ1) is 29.2. The average molecular weight is 605 g/mol. The summed E-state index contributed by atoms with van der Waals surface area (Å²) in [5.41, 5.74) is -1.11. The minimum Gasteiger partial charge on any atom is -0.460 e. The van der Waals surface area contributed by atoms with E-state index in [1.807, 2.05) is 30.3 Å². The van der Waals surface area contributed by atoms with Crippen molar-refractivity contribution in [1.29, 1.82) is 5.16 Å². The zero-order chi connectivity index (χ0) is 29.2. The van der Waals surface area contributed by atoms with Crippen LogP contribution in [0.5, 0.6) is 5.75 Å². The molecule has 14 heteroatoms. The van der Waals surface area contributed by atoms with Crippen LogP contribution in [-0.2, 0) is 25.4 Å². The highest BCUT2D eigenvalue weighted by molar-refractivity contribution is 7.53. The molecular formula is C27H30ClN4O8P. The largest absolute Gasteiger partial charge is 0.460 e. The first-order valence-corrected chi connectivity index (χ1v) is 15.0. The highest BCUT2D eigenvalue weighted by Gasteiger charge is 2.64. The summed E-state index contributed by atoms with van der Waals surface area (Å²) in [5, 5.41) is 23.5. The molecule has 0 bridgehead atoms. The summed E-state index contributed by atoms with van der Waals surface area (Å²) in [6.07, 6.45) is -0.216. The van der Waals surface area contributed by atoms with Gasteiger partial charge in [0.15, 0.2) is 0 Å². The van der Waals surface area contributed by atoms with Gasteiger partial charge in [0.1, 0.15) is 30.7 Å². The van der Waals surface area contributed by atoms with E-state index in [0.717, 1.165) is 5.56 Å². The van der Waals surface area contributed by atoms with Gasteiger partial charge in [-0.2, -0.15) is 0 Å². The monoisotopic (exact) mass is 604 g/mol. The Morgan fingerprint density at radius 2 is 1.93 bits per heavy atom. The minimum atomic E-state index is -3.77. The van der Waals surface area contributed by atoms with Crippen LogP contribution in [-0.4, -0.2) is 45.5 Å². The van der Waals surface area contributed by atoms with Gasteiger partial charge in [-0.25, -0.2) is 15.0 Å². The van der Waals surface area contributed by atoms with E-state index in [2.05, 4.69) is 10.1 Å². The third-order valence-corrected chi connectivity index (χ3v) is 9.04. The summed E-state index contributed by atoms with van der Waals surface area (Å²) in [5.74, 6) is -0.334. The summed E-state index contributed by atoms with van der Waals surface area (Å²) < 4.78 is 24.5. The van der Waals surface area contributed by atoms with Crippen LogP contribution in [0.15, 0.2) is 76.4 Å². The number of ether oxygens (including phenoxy) is 2. The van der Waals surface area contributed by atoms with Crippen molar-refractivity contribution in [2.45, 2.75) is 50.8 Å². The van der Waals surface area contributed by atoms with Crippen molar-refractivity contribution in [2.75, 3.05) is 6.61 Å². The van der Waals surface area contributed by atoms with Crippen LogP contribution in [0.1, 0.15) is 31.6 Å². The maximum Gasteiger partial charge on any atom is 0.338 e. The maximum atomic E-state index is 12.8. The van der Waals surface area contributed by atoms with E-state index in [1.165, 1.54) is 23.8 Å². The van der Waals surface area contributed by atoms with Crippen molar-refractivity contribution in [1.82, 2.24) is 14.6 Å². The van der Waals surface area contributed by atoms with Crippen molar-refractivity contribution in [3.05, 3.63) is 98.3 Å². The summed E-state index contributed by atoms with van der Waals surface area (Å²) in [7, 11) is -3.77. The molecule has 2 heterocycles. The van der Waals surface area contributed by atoms with Crippen molar-refractivity contribution in [2.24, 2.45) is 5.41 Å². The molecule has 0 radical (unpaired) electrons. The molecule has 3 aromatic rings. The number of carbonyl (C=O) groups is 1. The van der Waals surface area contributed by atoms with Crippen molar-refractivity contribution < 1.29 is 28.4 Å². The second kappa shape index (κ2) is 11.9. The SMILES string of the molecule is CC(NP(=N)(OCC1OC(n2ccc(=O)[nH]c2=O)C2(CC2)C1O)Oc1ccc(Cl)cc1)C(=O)OCc1ccccc1. The molecule has 1 aliphatic carbocycles. The van der Waals surface area contributed by atoms with Crippen LogP contribution < -0.4 is 20.9 Å². The van der Waals surface area contributed by atoms with Crippen LogP contribution in [0.25, 0.3) is 0 Å². The van der Waals surface area contributed by atoms with Gasteiger partial charge in [0, 0.05) is 22.7 Å². The average Bonchev–Trinajstić information content (AvgIpc) is 3.71. The smallest absolute Gasteiger partial charge is 0.338 e. The summed E-state index contributed by atoms with van der Waals surface area (Å²) in [6.45, 7) is 1.31. The highest BCUT2D eigenvalue weighted by Crippen LogP contribution is 2.62. The third-order valence-electron chi connectivity index (χ3n) is 7.08. The number of carbonyl (C=O) groups excluding carboxylic acids is 1. The fraction of sp³-hybridized carbons (Fsp3) is 0.370. The first-order valence-electron chi connectivity index (χ1n) is 13.0. The molecule has 1 aliphatic heterocycles. The lowest BCUT2D eigenvalue weighted by Gasteiger charge is -2.27. The fourth-order valence-electron chi connectivity index (χ4n) is 4.74. The van der Waals surface area contributed by atoms with Gasteiger partial charge in [0.25, 0.3) is 5.56 Å². The quantitative estimate of drug-likeness (QED) is 0.189. The standard InChI is InChI=1S/C27H30ClN4O8P/c1-17(24(35)37-15-18-5-3-2-4-6-18)31-41(29,40-20-9-7-19(28)8-10-20)38-16-21-23(34)27(12-13-27)25(39-21)32-14-11-22(33)30-26(32)36/h2-11,14,17,21,23,25,34H,12-13,15-16H2,1H3,(H2,29,31)(H,30,33,36). The van der Waals surface area contributed by atoms with Crippen molar-refractivity contribution in [3.8, 4) is 5.75 Å². The van der Waals surface area contributed by atoms with Gasteiger partial charge in [0.2, 0.25) is 0 Å². The predicted octanol–water partition coefficient (Wildman–Crippen LogP) is 3.57. The summed E-state index contributed by atoms with van der Waals surface area (Å²) >= 11 is 5.98. The number of esters is 1. The molecule has 2 aliphatic rings. The molecule has 0 amide bonds. The number of nitrogens with zero attached hydrogens (tertiary/aromatic N) is 1. The predicted molar refractivity (Wildman–Crippen MR) is 149 cm³/mol. The topological polar surface area (TPSA) is 165 Å². The van der Waals surface area contributed by atoms with E-state index in [9.17, 15) is 19.5 Å². The Morgan fingerprint density at radius 1 is 1.22 bits per heavy atom. The maximum absolute atomic E-state index is 12.8. The van der Waals surface area contributed by atoms with Gasteiger partial charge in [-0.3, -0.25) is 19.1 Å². The van der Waals surface area contributed by atoms with Crippen molar-refractivity contribution >= 4 is 25.2 Å². The lowest BCUT2D eigenvalue weighted by molar-refractivity contribution is -0.146. The molecule has 2 aromatic carbocycles. The van der Waals surface area contributed by atoms with Crippen LogP contribution in [0, 0.1) is 10.6 Å². The van der Waals surface area contributed by atoms with E-state index in [4.69, 9.17) is 35.3 Å². The second-order valence-corrected chi connectivity index (χ2v) is 12.3. The van der Waals surface area contributed by atoms with E-state index < -0.39 is 54.8 Å². The van der Waals surface area contributed by atoms with Crippen molar-refractivity contribution in [3.63, 3.8) is 0 Å². The fourth-order valence-corrected chi connectivity index (χ4v) is 6.43. The number of aliphatic hydroxyl groups excluding tert-OH is 1. The Morgan fingerprint density at radius 3 is 2.59 bits per heavy atom. The van der Waals surface area contributed by atoms with Gasteiger partial charge in [0.05, 0.1) is 12.7 Å². The van der Waals surface area contributed by atoms with E-state index >= 15 is 0 Å². The Hall–Kier alpha value is -3.25. The molecule has 1 aromatic heterocycles. The Bertz CT molecular complexity index is 1540. The number of hydrogen-bond donors (Lipinski definition) is 4. The van der Waals surface area contributed by atoms with Crippen LogP contribution in [0.4, 0.5) is 0 Å². The molecular weight excluding hydrogens is 575 g/mol. The van der Waals surface area contributed by atoms with E-state index in [0.29, 0.717) is 17.9 Å². The number of nitrogens with one attached hydrogen (secondary N) is 3. The van der Waals surface area contributed by atoms with Gasteiger partial charge >= 0.3 is 19.3 Å². The van der Waals surface area contributed by atoms with Gasteiger partial charge in [-0.15, -0.1) is 0 Å². The normalized spacial score (nSPS) is 23.0. The molecule has 5 unspecified atom stereocenters. The number of rotatable bonds is 11. The Kier molecular flexibility index (Phi) is 8.51. The molecule has 1 saturated heterocycles. The van der Waals surface area contributed by atoms with Gasteiger partial charge < -0.3 is 23.6 Å². The molecule has 12 nitrogen and oxygen atoms in total. The summed E-state index contributed by atoms with van der Waals surface area (Å²) in [4.78, 5) is 38.9. The first-order chi connectivity index (χ1) is 19.6. The molecule has 4 N–H and O–H groups in total. The number of aliphatic hydroxyl groups is 1. The van der Waals surface area contributed by atoms with Gasteiger partial charge in [-0.1, -0.05) is 41.9 Å². The number of aromatic amines is 1. The highest BCUT2D eigenvalue weighted by atomic mass is 35.5. The second-order valence-electron chi connectivity index (χ2n) is 10.1. The lowest BCUT2D eigenvalue weighted by atomic mass is 9.96. The molecule has 5 atom stereocenters. The summed E-state index contributed by atoms with van der Waals surface area (Å²) in [6, 6.07) is 15.7. The number of H-pyrrole nitrogens is 1. The minimum absolute atomic E-state index is 0.0593. The van der Waals surface area contributed by atoms with Crippen LogP contribution in [0.3, 0.4) is 0 Å². The zero-order valence-corrected chi connectivity index (χ0v) is 23.7. The number of halogens is 1. The molecule has 41 heavy (non-hydrogen) atoms. The molecule has 218 valence electrons. The van der Waals surface area contributed by atoms with Crippen LogP contribution in [0.2, 0.25) is 5.02 Å². The number of aromatic nitrogens is 2. The zero-order valence-electron chi connectivity index (χ0n) is 22.1. The molecule has 2 fully saturated rings. The molecule has 1 spiro atoms. The van der Waals surface area contributed by atoms with E-state index in [1.54, 1.807) is 24.3 Å². The number of benzene rings is 2. The Balaban J connectivity index is 1.30. The van der Waals surface area contributed by atoms with Crippen LogP contribution >= 0.6 is 19.3 Å². The Labute approximate surface area is 240 Å². The van der Waals surface area contributed by atoms with E-state index in [-0.39, 0.29) is 19.0 Å². The third kappa shape index (κ3) is 6.64. The molecule has 5 rings (SSSR count).